The van der Waals surface area contributed by atoms with Crippen molar-refractivity contribution in [1.82, 2.24) is 15.0 Å². The van der Waals surface area contributed by atoms with Crippen molar-refractivity contribution in [2.75, 3.05) is 6.61 Å². The maximum atomic E-state index is 5.49. The third kappa shape index (κ3) is 3.02. The van der Waals surface area contributed by atoms with Crippen molar-refractivity contribution in [2.24, 2.45) is 0 Å². The Hall–Kier alpha value is -1.97. The summed E-state index contributed by atoms with van der Waals surface area (Å²) in [5.41, 5.74) is 0. The number of hydrogen-bond acceptors (Lipinski definition) is 4. The summed E-state index contributed by atoms with van der Waals surface area (Å²) in [5.74, 6) is 1.58. The molecule has 1 radical (unpaired) electrons. The van der Waals surface area contributed by atoms with E-state index in [0.29, 0.717) is 13.0 Å². The Kier molecular flexibility index (Phi) is 3.22. The molecule has 1 aromatic heterocycles. The highest BCUT2D eigenvalue weighted by Gasteiger charge is 1.96. The molecule has 2 rings (SSSR count). The van der Waals surface area contributed by atoms with Crippen LogP contribution in [0, 0.1) is 6.07 Å². The molecule has 0 fully saturated rings. The molecule has 1 aromatic carbocycles. The van der Waals surface area contributed by atoms with Gasteiger partial charge in [0.1, 0.15) is 24.2 Å². The van der Waals surface area contributed by atoms with Crippen molar-refractivity contribution >= 4 is 0 Å². The van der Waals surface area contributed by atoms with Gasteiger partial charge < -0.3 is 4.74 Å². The van der Waals surface area contributed by atoms with E-state index in [1.807, 2.05) is 24.3 Å². The summed E-state index contributed by atoms with van der Waals surface area (Å²) in [6.07, 6.45) is 3.65. The number of nitrogens with zero attached hydrogens (tertiary/aromatic N) is 3. The van der Waals surface area contributed by atoms with E-state index in [-0.39, 0.29) is 0 Å². The van der Waals surface area contributed by atoms with Gasteiger partial charge in [-0.05, 0) is 18.2 Å². The molecular formula is C11H10N3O. The van der Waals surface area contributed by atoms with Crippen LogP contribution < -0.4 is 4.74 Å². The fourth-order valence-electron chi connectivity index (χ4n) is 1.12. The SMILES string of the molecule is [c]1ccc(OCCc2ncncn2)cc1. The van der Waals surface area contributed by atoms with Crippen LogP contribution in [0.25, 0.3) is 0 Å². The summed E-state index contributed by atoms with van der Waals surface area (Å²) in [7, 11) is 0. The molecule has 0 unspecified atom stereocenters. The molecule has 0 aliphatic rings. The summed E-state index contributed by atoms with van der Waals surface area (Å²) >= 11 is 0. The molecule has 4 nitrogen and oxygen atoms in total. The molecule has 0 amide bonds. The molecule has 0 N–H and O–H groups in total. The summed E-state index contributed by atoms with van der Waals surface area (Å²) in [6, 6.07) is 10.3. The van der Waals surface area contributed by atoms with E-state index >= 15 is 0 Å². The van der Waals surface area contributed by atoms with Gasteiger partial charge in [0.2, 0.25) is 0 Å². The molecule has 0 bridgehead atoms. The molecule has 0 saturated heterocycles. The Balaban J connectivity index is 1.81. The zero-order chi connectivity index (χ0) is 10.3. The molecule has 75 valence electrons. The Labute approximate surface area is 88.0 Å². The van der Waals surface area contributed by atoms with E-state index in [0.717, 1.165) is 11.6 Å². The van der Waals surface area contributed by atoms with Crippen molar-refractivity contribution in [3.63, 3.8) is 0 Å². The highest BCUT2D eigenvalue weighted by atomic mass is 16.5. The molecule has 0 aliphatic carbocycles. The van der Waals surface area contributed by atoms with Crippen LogP contribution in [0.2, 0.25) is 0 Å². The van der Waals surface area contributed by atoms with Crippen LogP contribution in [0.4, 0.5) is 0 Å². The minimum absolute atomic E-state index is 0.564. The molecule has 0 aliphatic heterocycles. The lowest BCUT2D eigenvalue weighted by Gasteiger charge is -2.04. The first-order chi connectivity index (χ1) is 7.45. The van der Waals surface area contributed by atoms with E-state index in [1.54, 1.807) is 0 Å². The van der Waals surface area contributed by atoms with Crippen LogP contribution in [-0.2, 0) is 6.42 Å². The van der Waals surface area contributed by atoms with Crippen molar-refractivity contribution in [1.29, 1.82) is 0 Å². The Morgan fingerprint density at radius 2 is 1.87 bits per heavy atom. The second-order valence-corrected chi connectivity index (χ2v) is 2.89. The van der Waals surface area contributed by atoms with E-state index in [2.05, 4.69) is 21.0 Å². The summed E-state index contributed by atoms with van der Waals surface area (Å²) in [6.45, 7) is 0.564. The van der Waals surface area contributed by atoms with Gasteiger partial charge in [-0.25, -0.2) is 15.0 Å². The van der Waals surface area contributed by atoms with Gasteiger partial charge >= 0.3 is 0 Å². The van der Waals surface area contributed by atoms with E-state index in [9.17, 15) is 0 Å². The van der Waals surface area contributed by atoms with Gasteiger partial charge in [-0.2, -0.15) is 0 Å². The van der Waals surface area contributed by atoms with Crippen molar-refractivity contribution in [3.8, 4) is 5.75 Å². The standard InChI is InChI=1S/C11H10N3O/c1-2-4-10(5-3-1)15-7-6-11-13-8-12-9-14-11/h2-5,8-9H,6-7H2. The predicted molar refractivity (Wildman–Crippen MR) is 54.3 cm³/mol. The lowest BCUT2D eigenvalue weighted by Crippen LogP contribution is -2.04. The molecule has 0 spiro atoms. The molecule has 0 atom stereocenters. The lowest BCUT2D eigenvalue weighted by atomic mass is 10.3. The molecule has 2 aromatic rings. The zero-order valence-corrected chi connectivity index (χ0v) is 8.13. The van der Waals surface area contributed by atoms with Gasteiger partial charge in [0.25, 0.3) is 0 Å². The van der Waals surface area contributed by atoms with Gasteiger partial charge in [0.05, 0.1) is 6.61 Å². The van der Waals surface area contributed by atoms with Crippen LogP contribution >= 0.6 is 0 Å². The monoisotopic (exact) mass is 200 g/mol. The van der Waals surface area contributed by atoms with Crippen molar-refractivity contribution in [3.05, 3.63) is 48.8 Å². The average Bonchev–Trinajstić information content (AvgIpc) is 2.32. The van der Waals surface area contributed by atoms with Gasteiger partial charge in [0.15, 0.2) is 0 Å². The fourth-order valence-corrected chi connectivity index (χ4v) is 1.12. The second kappa shape index (κ2) is 5.05. The van der Waals surface area contributed by atoms with Gasteiger partial charge in [-0.15, -0.1) is 0 Å². The van der Waals surface area contributed by atoms with Crippen LogP contribution in [0.3, 0.4) is 0 Å². The quantitative estimate of drug-likeness (QED) is 0.746. The first-order valence-electron chi connectivity index (χ1n) is 4.65. The van der Waals surface area contributed by atoms with Crippen LogP contribution in [0.15, 0.2) is 36.9 Å². The lowest BCUT2D eigenvalue weighted by molar-refractivity contribution is 0.318. The Morgan fingerprint density at radius 1 is 1.13 bits per heavy atom. The smallest absolute Gasteiger partial charge is 0.135 e. The van der Waals surface area contributed by atoms with Crippen LogP contribution in [-0.4, -0.2) is 21.6 Å². The predicted octanol–water partition coefficient (Wildman–Crippen LogP) is 1.29. The Morgan fingerprint density at radius 3 is 2.60 bits per heavy atom. The Bertz CT molecular complexity index is 352. The van der Waals surface area contributed by atoms with Gasteiger partial charge in [-0.1, -0.05) is 12.1 Å². The second-order valence-electron chi connectivity index (χ2n) is 2.89. The summed E-state index contributed by atoms with van der Waals surface area (Å²) in [5, 5.41) is 0. The number of ether oxygens (including phenoxy) is 1. The average molecular weight is 200 g/mol. The molecular weight excluding hydrogens is 190 g/mol. The van der Waals surface area contributed by atoms with Crippen molar-refractivity contribution < 1.29 is 4.74 Å². The highest BCUT2D eigenvalue weighted by molar-refractivity contribution is 5.20. The highest BCUT2D eigenvalue weighted by Crippen LogP contribution is 2.07. The summed E-state index contributed by atoms with van der Waals surface area (Å²) in [4.78, 5) is 11.7. The maximum Gasteiger partial charge on any atom is 0.135 e. The van der Waals surface area contributed by atoms with Crippen LogP contribution in [0.1, 0.15) is 5.82 Å². The number of hydrogen-bond donors (Lipinski definition) is 0. The summed E-state index contributed by atoms with van der Waals surface area (Å²) < 4.78 is 5.49. The first-order valence-corrected chi connectivity index (χ1v) is 4.65. The third-order valence-electron chi connectivity index (χ3n) is 1.83. The van der Waals surface area contributed by atoms with Crippen LogP contribution in [0.5, 0.6) is 5.75 Å². The minimum atomic E-state index is 0.564. The third-order valence-corrected chi connectivity index (χ3v) is 1.83. The van der Waals surface area contributed by atoms with E-state index in [1.165, 1.54) is 12.7 Å². The molecule has 4 heteroatoms. The topological polar surface area (TPSA) is 47.9 Å². The van der Waals surface area contributed by atoms with Gasteiger partial charge in [0, 0.05) is 6.42 Å². The zero-order valence-electron chi connectivity index (χ0n) is 8.13. The largest absolute Gasteiger partial charge is 0.493 e. The molecule has 1 heterocycles. The minimum Gasteiger partial charge on any atom is -0.493 e. The maximum absolute atomic E-state index is 5.49. The fraction of sp³-hybridized carbons (Fsp3) is 0.182. The number of aromatic nitrogens is 3. The van der Waals surface area contributed by atoms with E-state index < -0.39 is 0 Å². The molecule has 15 heavy (non-hydrogen) atoms. The normalized spacial score (nSPS) is 9.87. The van der Waals surface area contributed by atoms with E-state index in [4.69, 9.17) is 4.74 Å². The number of rotatable bonds is 4. The molecule has 0 saturated carbocycles. The number of benzene rings is 1. The van der Waals surface area contributed by atoms with Gasteiger partial charge in [-0.3, -0.25) is 0 Å². The van der Waals surface area contributed by atoms with Crippen molar-refractivity contribution in [2.45, 2.75) is 6.42 Å². The first kappa shape index (κ1) is 9.58.